The number of para-hydroxylation sites is 8. The van der Waals surface area contributed by atoms with E-state index in [9.17, 15) is 9.59 Å². The number of nitrogens with zero attached hydrogens (tertiary/aromatic N) is 1. The second-order valence-corrected chi connectivity index (χ2v) is 50.9. The third-order valence-corrected chi connectivity index (χ3v) is 9.46. The molecular formula is C59H88I4N2O11V-. The first-order chi connectivity index (χ1) is 36.6. The first-order valence-corrected chi connectivity index (χ1v) is 40.8. The Kier molecular flexibility index (Phi) is 49.7. The SMILES string of the molecule is C.CC.CC.CC.CC.CC.CCC1COc2ccccc2O1.CCI.NCC1COc2ccccc2O1.O=C1c2ccccc2C(=O)N1CC1COc2ccccc2O1.OCC1COc2ccccc2O1.[CH3-].[I][V]([I])[I]. The number of ether oxygens (including phenoxy) is 8. The van der Waals surface area contributed by atoms with Gasteiger partial charge in [-0.15, -0.1) is 0 Å². The fourth-order valence-electron chi connectivity index (χ4n) is 6.36. The van der Waals surface area contributed by atoms with Gasteiger partial charge >= 0.3 is 64.9 Å². The van der Waals surface area contributed by atoms with Gasteiger partial charge in [-0.25, -0.2) is 0 Å². The number of rotatable bonds is 5. The summed E-state index contributed by atoms with van der Waals surface area (Å²) in [6, 6.07) is 37.1. The zero-order chi connectivity index (χ0) is 56.6. The van der Waals surface area contributed by atoms with Crippen molar-refractivity contribution < 1.29 is 57.5 Å². The van der Waals surface area contributed by atoms with E-state index in [4.69, 9.17) is 48.7 Å². The maximum atomic E-state index is 12.3. The van der Waals surface area contributed by atoms with Crippen LogP contribution < -0.4 is 43.6 Å². The number of alkyl halides is 1. The number of amides is 2. The molecule has 5 aromatic rings. The second-order valence-electron chi connectivity index (χ2n) is 14.0. The van der Waals surface area contributed by atoms with Gasteiger partial charge in [-0.05, 0) is 71.5 Å². The van der Waals surface area contributed by atoms with Crippen molar-refractivity contribution in [2.45, 2.75) is 121 Å². The molecule has 13 nitrogen and oxygen atoms in total. The van der Waals surface area contributed by atoms with E-state index in [0.29, 0.717) is 61.3 Å². The molecule has 0 bridgehead atoms. The number of nitrogens with two attached hydrogens (primary N) is 1. The fourth-order valence-corrected chi connectivity index (χ4v) is 6.36. The van der Waals surface area contributed by atoms with E-state index >= 15 is 0 Å². The van der Waals surface area contributed by atoms with Gasteiger partial charge in [-0.1, -0.05) is 174 Å². The second kappa shape index (κ2) is 48.9. The molecule has 77 heavy (non-hydrogen) atoms. The normalized spacial score (nSPS) is 16.2. The zero-order valence-corrected chi connectivity index (χ0v) is 56.8. The van der Waals surface area contributed by atoms with Crippen LogP contribution in [0.5, 0.6) is 46.0 Å². The Bertz CT molecular complexity index is 2090. The number of carbonyl (C=O) groups excluding carboxylic acids is 2. The number of aliphatic hydroxyl groups excluding tert-OH is 1. The van der Waals surface area contributed by atoms with Crippen LogP contribution in [0, 0.1) is 7.43 Å². The van der Waals surface area contributed by atoms with Crippen LogP contribution in [0.25, 0.3) is 0 Å². The number of fused-ring (bicyclic) bond motifs is 5. The zero-order valence-electron chi connectivity index (χ0n) is 46.7. The summed E-state index contributed by atoms with van der Waals surface area (Å²) < 4.78 is 45.5. The van der Waals surface area contributed by atoms with E-state index in [1.54, 1.807) is 24.3 Å². The van der Waals surface area contributed by atoms with Crippen LogP contribution in [-0.4, -0.2) is 96.8 Å². The number of aliphatic hydroxyl groups is 1. The molecule has 5 aliphatic rings. The summed E-state index contributed by atoms with van der Waals surface area (Å²) in [4.78, 5) is 25.6. The monoisotopic (exact) mass is 1560 g/mol. The van der Waals surface area contributed by atoms with Crippen LogP contribution in [0.15, 0.2) is 121 Å². The van der Waals surface area contributed by atoms with Crippen molar-refractivity contribution in [2.75, 3.05) is 50.6 Å². The van der Waals surface area contributed by atoms with Gasteiger partial charge < -0.3 is 56.2 Å². The van der Waals surface area contributed by atoms with Crippen molar-refractivity contribution in [1.29, 1.82) is 0 Å². The predicted molar refractivity (Wildman–Crippen MR) is 350 cm³/mol. The molecule has 3 N–H and O–H groups in total. The molecule has 5 heterocycles. The topological polar surface area (TPSA) is 157 Å². The summed E-state index contributed by atoms with van der Waals surface area (Å²) in [7, 11) is 0. The molecule has 5 aliphatic heterocycles. The van der Waals surface area contributed by atoms with Crippen LogP contribution in [0.4, 0.5) is 0 Å². The molecule has 2 amide bonds. The van der Waals surface area contributed by atoms with Crippen LogP contribution in [-0.2, 0) is 4.92 Å². The van der Waals surface area contributed by atoms with E-state index < -0.39 is 0 Å². The predicted octanol–water partition coefficient (Wildman–Crippen LogP) is 16.3. The van der Waals surface area contributed by atoms with Crippen molar-refractivity contribution in [3.63, 3.8) is 0 Å². The first kappa shape index (κ1) is 78.3. The van der Waals surface area contributed by atoms with Crippen molar-refractivity contribution >= 4 is 94.3 Å². The Labute approximate surface area is 514 Å². The first-order valence-electron chi connectivity index (χ1n) is 25.7. The molecule has 0 saturated heterocycles. The maximum absolute atomic E-state index is 12.3. The molecule has 0 aliphatic carbocycles. The summed E-state index contributed by atoms with van der Waals surface area (Å²) in [6.07, 6.45) is 0.630. The van der Waals surface area contributed by atoms with Crippen LogP contribution in [0.2, 0.25) is 0 Å². The fraction of sp³-hybridized carbons (Fsp3) is 0.441. The number of halogens is 4. The molecule has 0 saturated carbocycles. The van der Waals surface area contributed by atoms with Crippen LogP contribution >= 0.6 is 82.5 Å². The van der Waals surface area contributed by atoms with Gasteiger partial charge in [0.25, 0.3) is 11.8 Å². The van der Waals surface area contributed by atoms with Gasteiger partial charge in [0.2, 0.25) is 0 Å². The number of carbonyl (C=O) groups is 2. The Morgan fingerprint density at radius 1 is 0.494 bits per heavy atom. The van der Waals surface area contributed by atoms with E-state index in [1.165, 1.54) is 9.33 Å². The quantitative estimate of drug-likeness (QED) is 0.0744. The van der Waals surface area contributed by atoms with Crippen molar-refractivity contribution in [1.82, 2.24) is 4.90 Å². The van der Waals surface area contributed by atoms with Gasteiger partial charge in [0.15, 0.2) is 58.2 Å². The van der Waals surface area contributed by atoms with Gasteiger partial charge in [0.05, 0.1) is 24.3 Å². The van der Waals surface area contributed by atoms with E-state index in [2.05, 4.69) is 96.4 Å². The van der Waals surface area contributed by atoms with Gasteiger partial charge in [0, 0.05) is 6.54 Å². The third-order valence-electron chi connectivity index (χ3n) is 9.46. The summed E-state index contributed by atoms with van der Waals surface area (Å²) in [6.45, 7) is 26.8. The summed E-state index contributed by atoms with van der Waals surface area (Å²) >= 11 is 9.68. The standard InChI is InChI=1S/C17H13NO4.C10H12O2.C9H11NO2.C9H10O3.C2H5I.5C2H6.CH4.CH3.3HI.V/c19-16-12-5-1-2-6-13(12)17(20)18(16)9-11-10-21-14-7-3-4-8-15(14)22-11;1-2-8-7-11-9-5-3-4-6-10(9)12-8;2*10-5-7-6-11-8-3-1-2-4-9(8)12-7;1-2-3;5*1-2;;;;;;/h1-8,11H,9-10H2;3-6,8H,2,7H2,1H3;1-4,7H,5-6,10H2;1-4,7,10H,5-6H2;2H2,1H3;5*1-2H3;1H4;1H3;3*1H;/q;;;;;;;;;;;-1;;;;+3/p-3. The Morgan fingerprint density at radius 2 is 0.740 bits per heavy atom. The molecule has 18 heteroatoms. The Hall–Kier alpha value is -2.94. The molecule has 4 unspecified atom stereocenters. The summed E-state index contributed by atoms with van der Waals surface area (Å²) in [5, 5.41) is 8.81. The minimum atomic E-state index is -0.364. The van der Waals surface area contributed by atoms with Gasteiger partial charge in [-0.3, -0.25) is 14.5 Å². The Balaban J connectivity index is -0.000000880. The van der Waals surface area contributed by atoms with Crippen molar-refractivity contribution in [3.05, 3.63) is 140 Å². The molecule has 10 rings (SSSR count). The molecule has 0 fully saturated rings. The van der Waals surface area contributed by atoms with Gasteiger partial charge in [0.1, 0.15) is 38.6 Å². The summed E-state index contributed by atoms with van der Waals surface area (Å²) in [5.74, 6) is 5.56. The average Bonchev–Trinajstić information content (AvgIpc) is 3.72. The van der Waals surface area contributed by atoms with Crippen molar-refractivity contribution in [2.24, 2.45) is 5.73 Å². The molecular weight excluding hydrogens is 1470 g/mol. The molecule has 0 spiro atoms. The van der Waals surface area contributed by atoms with Crippen LogP contribution in [0.1, 0.15) is 118 Å². The van der Waals surface area contributed by atoms with E-state index in [1.807, 2.05) is 166 Å². The molecule has 0 aromatic heterocycles. The van der Waals surface area contributed by atoms with Crippen molar-refractivity contribution in [3.8, 4) is 46.0 Å². The molecule has 0 radical (unpaired) electrons. The molecule has 5 aromatic carbocycles. The van der Waals surface area contributed by atoms with E-state index in [-0.39, 0.29) is 69.2 Å². The minimum absolute atomic E-state index is 0. The van der Waals surface area contributed by atoms with Crippen LogP contribution in [0.3, 0.4) is 0 Å². The van der Waals surface area contributed by atoms with Gasteiger partial charge in [-0.2, -0.15) is 0 Å². The summed E-state index contributed by atoms with van der Waals surface area (Å²) in [5.41, 5.74) is 6.35. The molecule has 4 atom stereocenters. The number of hydrogen-bond acceptors (Lipinski definition) is 12. The number of imide groups is 1. The third kappa shape index (κ3) is 28.4. The molecule has 434 valence electrons. The number of benzene rings is 5. The number of hydrogen-bond donors (Lipinski definition) is 2. The van der Waals surface area contributed by atoms with E-state index in [0.717, 1.165) is 35.2 Å². The average molecular weight is 1560 g/mol. The Morgan fingerprint density at radius 3 is 1.05 bits per heavy atom.